The Morgan fingerprint density at radius 3 is 2.90 bits per heavy atom. The number of nitrogens with zero attached hydrogens (tertiary/aromatic N) is 1. The van der Waals surface area contributed by atoms with Crippen LogP contribution in [0.15, 0.2) is 0 Å². The van der Waals surface area contributed by atoms with Crippen molar-refractivity contribution in [1.82, 2.24) is 10.2 Å². The molecule has 0 bridgehead atoms. The lowest BCUT2D eigenvalue weighted by molar-refractivity contribution is 0.206. The minimum Gasteiger partial charge on any atom is -0.311 e. The number of nitrogens with one attached hydrogen (secondary N) is 1. The normalized spacial score (nSPS) is 28.8. The quantitative estimate of drug-likeness (QED) is 0.610. The summed E-state index contributed by atoms with van der Waals surface area (Å²) in [4.78, 5) is 2.50. The third-order valence-corrected chi connectivity index (χ3v) is 2.28. The molecule has 1 fully saturated rings. The first-order valence-corrected chi connectivity index (χ1v) is 4.32. The molecule has 1 atom stereocenters. The lowest BCUT2D eigenvalue weighted by atomic mass is 10.1. The van der Waals surface area contributed by atoms with Gasteiger partial charge < -0.3 is 10.2 Å². The van der Waals surface area contributed by atoms with Gasteiger partial charge in [-0.1, -0.05) is 13.8 Å². The molecule has 0 saturated carbocycles. The molecule has 1 heterocycles. The lowest BCUT2D eigenvalue weighted by Crippen LogP contribution is -2.50. The fourth-order valence-electron chi connectivity index (χ4n) is 1.45. The summed E-state index contributed by atoms with van der Waals surface area (Å²) >= 11 is 0. The molecule has 0 aromatic carbocycles. The van der Waals surface area contributed by atoms with E-state index in [9.17, 15) is 0 Å². The Kier molecular flexibility index (Phi) is 3.16. The first-order valence-electron chi connectivity index (χ1n) is 4.32. The molecule has 1 rings (SSSR count). The van der Waals surface area contributed by atoms with Gasteiger partial charge in [0.2, 0.25) is 0 Å². The van der Waals surface area contributed by atoms with Gasteiger partial charge in [0.1, 0.15) is 0 Å². The largest absolute Gasteiger partial charge is 0.311 e. The van der Waals surface area contributed by atoms with Crippen molar-refractivity contribution < 1.29 is 0 Å². The Morgan fingerprint density at radius 1 is 1.50 bits per heavy atom. The van der Waals surface area contributed by atoms with Gasteiger partial charge in [0.05, 0.1) is 0 Å². The Balaban J connectivity index is 2.25. The number of hydrogen-bond donors (Lipinski definition) is 1. The molecule has 1 saturated heterocycles. The van der Waals surface area contributed by atoms with E-state index >= 15 is 0 Å². The van der Waals surface area contributed by atoms with Crippen LogP contribution < -0.4 is 5.32 Å². The molecule has 10 heavy (non-hydrogen) atoms. The van der Waals surface area contributed by atoms with Gasteiger partial charge in [0.15, 0.2) is 0 Å². The summed E-state index contributed by atoms with van der Waals surface area (Å²) in [5.74, 6) is 0. The predicted molar refractivity (Wildman–Crippen MR) is 44.2 cm³/mol. The number of hydrogen-bond acceptors (Lipinski definition) is 2. The van der Waals surface area contributed by atoms with Gasteiger partial charge in [-0.2, -0.15) is 0 Å². The molecule has 0 aliphatic carbocycles. The van der Waals surface area contributed by atoms with Crippen LogP contribution in [-0.4, -0.2) is 37.1 Å². The average molecular weight is 142 g/mol. The van der Waals surface area contributed by atoms with Gasteiger partial charge in [-0.25, -0.2) is 0 Å². The summed E-state index contributed by atoms with van der Waals surface area (Å²) in [6.07, 6.45) is 1.26. The molecular formula is C8H18N2. The number of rotatable bonds is 2. The lowest BCUT2D eigenvalue weighted by Gasteiger charge is -2.32. The second-order valence-corrected chi connectivity index (χ2v) is 2.95. The van der Waals surface area contributed by atoms with Gasteiger partial charge in [-0.3, -0.25) is 0 Å². The van der Waals surface area contributed by atoms with Crippen molar-refractivity contribution in [3.8, 4) is 0 Å². The molecule has 0 amide bonds. The molecule has 1 aliphatic rings. The number of piperazine rings is 1. The maximum absolute atomic E-state index is 3.49. The summed E-state index contributed by atoms with van der Waals surface area (Å²) in [7, 11) is 0. The van der Waals surface area contributed by atoms with E-state index in [0.29, 0.717) is 0 Å². The Bertz CT molecular complexity index is 83.3. The zero-order chi connectivity index (χ0) is 7.40. The molecule has 1 aliphatic heterocycles. The number of likely N-dealkylation sites (N-methyl/N-ethyl adjacent to an activating group) is 1. The van der Waals surface area contributed by atoms with E-state index in [0.717, 1.165) is 6.04 Å². The van der Waals surface area contributed by atoms with E-state index in [1.807, 2.05) is 0 Å². The fourth-order valence-corrected chi connectivity index (χ4v) is 1.45. The van der Waals surface area contributed by atoms with Crippen LogP contribution in [0.4, 0.5) is 0 Å². The monoisotopic (exact) mass is 142 g/mol. The van der Waals surface area contributed by atoms with Crippen LogP contribution in [0, 0.1) is 0 Å². The summed E-state index contributed by atoms with van der Waals surface area (Å²) in [6, 6.07) is 0.744. The van der Waals surface area contributed by atoms with Gasteiger partial charge >= 0.3 is 0 Å². The second-order valence-electron chi connectivity index (χ2n) is 2.95. The molecule has 0 aromatic heterocycles. The van der Waals surface area contributed by atoms with E-state index < -0.39 is 0 Å². The maximum Gasteiger partial charge on any atom is 0.0192 e. The topological polar surface area (TPSA) is 15.3 Å². The first kappa shape index (κ1) is 8.02. The molecule has 2 nitrogen and oxygen atoms in total. The van der Waals surface area contributed by atoms with Gasteiger partial charge in [0.25, 0.3) is 0 Å². The molecule has 0 spiro atoms. The first-order chi connectivity index (χ1) is 4.86. The summed E-state index contributed by atoms with van der Waals surface area (Å²) < 4.78 is 0. The second kappa shape index (κ2) is 3.94. The highest BCUT2D eigenvalue weighted by atomic mass is 15.2. The smallest absolute Gasteiger partial charge is 0.0192 e. The minimum absolute atomic E-state index is 0.744. The van der Waals surface area contributed by atoms with Crippen molar-refractivity contribution in [3.05, 3.63) is 0 Å². The maximum atomic E-state index is 3.49. The predicted octanol–water partition coefficient (Wildman–Crippen LogP) is 0.690. The van der Waals surface area contributed by atoms with Crippen molar-refractivity contribution in [1.29, 1.82) is 0 Å². The van der Waals surface area contributed by atoms with Crippen LogP contribution in [0.25, 0.3) is 0 Å². The van der Waals surface area contributed by atoms with E-state index in [2.05, 4.69) is 24.1 Å². The van der Waals surface area contributed by atoms with Crippen molar-refractivity contribution in [2.75, 3.05) is 26.2 Å². The highest BCUT2D eigenvalue weighted by molar-refractivity contribution is 4.76. The Labute approximate surface area is 63.6 Å². The SMILES string of the molecule is CC[C@H]1CN(CC)CCN1. The van der Waals surface area contributed by atoms with Gasteiger partial charge in [-0.15, -0.1) is 0 Å². The molecule has 2 heteroatoms. The van der Waals surface area contributed by atoms with Crippen molar-refractivity contribution in [2.24, 2.45) is 0 Å². The zero-order valence-corrected chi connectivity index (χ0v) is 7.06. The van der Waals surface area contributed by atoms with Gasteiger partial charge in [0, 0.05) is 25.7 Å². The van der Waals surface area contributed by atoms with Crippen LogP contribution in [0.3, 0.4) is 0 Å². The van der Waals surface area contributed by atoms with Gasteiger partial charge in [-0.05, 0) is 13.0 Å². The van der Waals surface area contributed by atoms with E-state index in [1.165, 1.54) is 32.6 Å². The fraction of sp³-hybridized carbons (Fsp3) is 1.00. The third kappa shape index (κ3) is 1.96. The van der Waals surface area contributed by atoms with Crippen LogP contribution in [-0.2, 0) is 0 Å². The van der Waals surface area contributed by atoms with E-state index in [4.69, 9.17) is 0 Å². The summed E-state index contributed by atoms with van der Waals surface area (Å²) in [5, 5.41) is 3.49. The molecule has 0 unspecified atom stereocenters. The highest BCUT2D eigenvalue weighted by Gasteiger charge is 2.15. The van der Waals surface area contributed by atoms with Crippen molar-refractivity contribution >= 4 is 0 Å². The van der Waals surface area contributed by atoms with Crippen LogP contribution in [0.5, 0.6) is 0 Å². The molecule has 0 aromatic rings. The zero-order valence-electron chi connectivity index (χ0n) is 7.06. The molecular weight excluding hydrogens is 124 g/mol. The highest BCUT2D eigenvalue weighted by Crippen LogP contribution is 2.00. The van der Waals surface area contributed by atoms with E-state index in [-0.39, 0.29) is 0 Å². The van der Waals surface area contributed by atoms with Crippen molar-refractivity contribution in [3.63, 3.8) is 0 Å². The standard InChI is InChI=1S/C8H18N2/c1-3-8-7-10(4-2)6-5-9-8/h8-9H,3-7H2,1-2H3/t8-/m0/s1. The van der Waals surface area contributed by atoms with Crippen LogP contribution >= 0.6 is 0 Å². The Morgan fingerprint density at radius 2 is 2.30 bits per heavy atom. The average Bonchev–Trinajstić information content (AvgIpc) is 2.05. The molecule has 0 radical (unpaired) electrons. The molecule has 60 valence electrons. The van der Waals surface area contributed by atoms with Crippen LogP contribution in [0.2, 0.25) is 0 Å². The summed E-state index contributed by atoms with van der Waals surface area (Å²) in [5.41, 5.74) is 0. The summed E-state index contributed by atoms with van der Waals surface area (Å²) in [6.45, 7) is 9.33. The minimum atomic E-state index is 0.744. The van der Waals surface area contributed by atoms with E-state index in [1.54, 1.807) is 0 Å². The van der Waals surface area contributed by atoms with Crippen molar-refractivity contribution in [2.45, 2.75) is 26.3 Å². The molecule has 1 N–H and O–H groups in total. The Hall–Kier alpha value is -0.0800. The van der Waals surface area contributed by atoms with Crippen LogP contribution in [0.1, 0.15) is 20.3 Å². The third-order valence-electron chi connectivity index (χ3n) is 2.28.